The fourth-order valence-corrected chi connectivity index (χ4v) is 10.0. The third-order valence-corrected chi connectivity index (χ3v) is 12.7. The first kappa shape index (κ1) is 31.8. The van der Waals surface area contributed by atoms with Crippen LogP contribution in [0.3, 0.4) is 0 Å². The van der Waals surface area contributed by atoms with Gasteiger partial charge in [-0.1, -0.05) is 90.5 Å². The molecule has 2 aliphatic rings. The molecule has 1 spiro atoms. The van der Waals surface area contributed by atoms with Crippen LogP contribution in [0.1, 0.15) is 57.6 Å². The van der Waals surface area contributed by atoms with Gasteiger partial charge in [-0.2, -0.15) is 0 Å². The Labute approximate surface area is 280 Å². The molecule has 1 unspecified atom stereocenters. The molecule has 0 radical (unpaired) electrons. The van der Waals surface area contributed by atoms with E-state index in [4.69, 9.17) is 4.74 Å². The normalized spacial score (nSPS) is 17.6. The quantitative estimate of drug-likeness (QED) is 0.171. The predicted octanol–water partition coefficient (Wildman–Crippen LogP) is 9.14. The number of nitrogens with zero attached hydrogens (tertiary/aromatic N) is 1. The van der Waals surface area contributed by atoms with E-state index in [2.05, 4.69) is 36.9 Å². The first-order valence-corrected chi connectivity index (χ1v) is 17.7. The summed E-state index contributed by atoms with van der Waals surface area (Å²) in [6.07, 6.45) is 3.74. The van der Waals surface area contributed by atoms with Gasteiger partial charge in [0.05, 0.1) is 5.41 Å². The molecule has 2 heterocycles. The van der Waals surface area contributed by atoms with Crippen molar-refractivity contribution in [3.8, 4) is 5.75 Å². The van der Waals surface area contributed by atoms with E-state index in [1.807, 2.05) is 51.1 Å². The van der Waals surface area contributed by atoms with Crippen molar-refractivity contribution in [1.82, 2.24) is 0 Å². The minimum absolute atomic E-state index is 0.268. The molecule has 242 valence electrons. The fourth-order valence-electron chi connectivity index (χ4n) is 7.43. The summed E-state index contributed by atoms with van der Waals surface area (Å²) in [7, 11) is -3.70. The number of carbonyl (C=O) groups excluding carboxylic acids is 1. The molecule has 0 bridgehead atoms. The lowest BCUT2D eigenvalue weighted by Gasteiger charge is -2.47. The number of ether oxygens (including phenoxy) is 1. The van der Waals surface area contributed by atoms with Crippen LogP contribution >= 0.6 is 7.14 Å². The zero-order chi connectivity index (χ0) is 34.0. The Hall–Kier alpha value is -4.80. The number of carbonyl (C=O) groups is 1. The van der Waals surface area contributed by atoms with Gasteiger partial charge in [-0.3, -0.25) is 4.79 Å². The molecule has 0 amide bonds. The molecule has 0 N–H and O–H groups in total. The van der Waals surface area contributed by atoms with Gasteiger partial charge in [0, 0.05) is 40.0 Å². The summed E-state index contributed by atoms with van der Waals surface area (Å²) in [5.74, 6) is -1.63. The lowest BCUT2D eigenvalue weighted by atomic mass is 9.76. The van der Waals surface area contributed by atoms with Crippen LogP contribution in [-0.2, 0) is 16.5 Å². The Bertz CT molecular complexity index is 2110. The van der Waals surface area contributed by atoms with Crippen molar-refractivity contribution in [3.63, 3.8) is 0 Å². The van der Waals surface area contributed by atoms with Gasteiger partial charge in [0.25, 0.3) is 0 Å². The number of aryl methyl sites for hydroxylation is 3. The molecule has 0 saturated heterocycles. The standard InChI is InChI=1S/C41H36F2NO3P/c1-26-16-17-36-33(20-26)40(4,5)41(19-18-30-23-34(42)35(43)24-37(30)47-41)44(36)25-29-21-27(2)38(28(3)22-29)39(45)48(46,31-12-8-6-9-13-31)32-14-10-7-11-15-32/h6-24H,25H2,1-5H3. The number of anilines is 1. The topological polar surface area (TPSA) is 46.6 Å². The highest BCUT2D eigenvalue weighted by atomic mass is 31.2. The molecular weight excluding hydrogens is 623 g/mol. The van der Waals surface area contributed by atoms with Crippen LogP contribution in [0.5, 0.6) is 5.75 Å². The zero-order valence-corrected chi connectivity index (χ0v) is 28.4. The monoisotopic (exact) mass is 659 g/mol. The summed E-state index contributed by atoms with van der Waals surface area (Å²) in [4.78, 5) is 16.7. The largest absolute Gasteiger partial charge is 0.463 e. The van der Waals surface area contributed by atoms with Gasteiger partial charge in [-0.05, 0) is 81.2 Å². The fraction of sp³-hybridized carbons (Fsp3) is 0.195. The highest BCUT2D eigenvalue weighted by molar-refractivity contribution is 7.93. The van der Waals surface area contributed by atoms with Crippen LogP contribution in [0.4, 0.5) is 14.5 Å². The minimum Gasteiger partial charge on any atom is -0.463 e. The highest BCUT2D eigenvalue weighted by Crippen LogP contribution is 2.56. The predicted molar refractivity (Wildman–Crippen MR) is 189 cm³/mol. The first-order valence-electron chi connectivity index (χ1n) is 16.0. The summed E-state index contributed by atoms with van der Waals surface area (Å²) >= 11 is 0. The molecule has 0 aliphatic carbocycles. The van der Waals surface area contributed by atoms with Crippen LogP contribution in [0, 0.1) is 32.4 Å². The molecule has 5 aromatic rings. The number of hydrogen-bond donors (Lipinski definition) is 0. The maximum atomic E-state index is 14.9. The molecule has 7 rings (SSSR count). The van der Waals surface area contributed by atoms with E-state index in [9.17, 15) is 18.1 Å². The smallest absolute Gasteiger partial charge is 0.230 e. The number of rotatable bonds is 6. The summed E-state index contributed by atoms with van der Waals surface area (Å²) in [6.45, 7) is 10.4. The highest BCUT2D eigenvalue weighted by Gasteiger charge is 2.59. The van der Waals surface area contributed by atoms with Gasteiger partial charge in [0.2, 0.25) is 18.4 Å². The summed E-state index contributed by atoms with van der Waals surface area (Å²) < 4.78 is 50.3. The van der Waals surface area contributed by atoms with Crippen LogP contribution < -0.4 is 20.2 Å². The van der Waals surface area contributed by atoms with Gasteiger partial charge in [-0.25, -0.2) is 8.78 Å². The average molecular weight is 660 g/mol. The Balaban J connectivity index is 1.32. The summed E-state index contributed by atoms with van der Waals surface area (Å²) in [5, 5.41) is 0.991. The van der Waals surface area contributed by atoms with Crippen molar-refractivity contribution in [3.05, 3.63) is 160 Å². The van der Waals surface area contributed by atoms with Gasteiger partial charge in [0.1, 0.15) is 5.75 Å². The molecule has 2 aliphatic heterocycles. The van der Waals surface area contributed by atoms with Crippen LogP contribution in [0.2, 0.25) is 0 Å². The second kappa shape index (κ2) is 11.4. The van der Waals surface area contributed by atoms with Gasteiger partial charge >= 0.3 is 0 Å². The van der Waals surface area contributed by atoms with E-state index in [1.165, 1.54) is 0 Å². The van der Waals surface area contributed by atoms with Gasteiger partial charge in [0.15, 0.2) is 11.6 Å². The van der Waals surface area contributed by atoms with Gasteiger partial charge in [-0.15, -0.1) is 0 Å². The van der Waals surface area contributed by atoms with Crippen molar-refractivity contribution in [2.75, 3.05) is 4.90 Å². The van der Waals surface area contributed by atoms with E-state index in [0.29, 0.717) is 28.3 Å². The van der Waals surface area contributed by atoms with Crippen LogP contribution in [0.15, 0.2) is 109 Å². The lowest BCUT2D eigenvalue weighted by Crippen LogP contribution is -2.59. The van der Waals surface area contributed by atoms with E-state index in [0.717, 1.165) is 45.6 Å². The SMILES string of the molecule is Cc1ccc2c(c1)C(C)(C)C1(C=Cc3cc(F)c(F)cc3O1)N2Cc1cc(C)c(C(=O)P(=O)(c2ccccc2)c2ccccc2)c(C)c1. The second-order valence-corrected chi connectivity index (χ2v) is 16.0. The van der Waals surface area contributed by atoms with Crippen LogP contribution in [0.25, 0.3) is 6.08 Å². The van der Waals surface area contributed by atoms with E-state index in [1.54, 1.807) is 54.6 Å². The Morgan fingerprint density at radius 3 is 1.98 bits per heavy atom. The van der Waals surface area contributed by atoms with Gasteiger partial charge < -0.3 is 14.2 Å². The molecule has 4 nitrogen and oxygen atoms in total. The van der Waals surface area contributed by atoms with Crippen molar-refractivity contribution in [2.24, 2.45) is 0 Å². The molecule has 7 heteroatoms. The second-order valence-electron chi connectivity index (χ2n) is 13.4. The van der Waals surface area contributed by atoms with Crippen molar-refractivity contribution in [2.45, 2.75) is 52.3 Å². The Kier molecular flexibility index (Phi) is 7.56. The average Bonchev–Trinajstić information content (AvgIpc) is 3.23. The third-order valence-electron chi connectivity index (χ3n) is 9.89. The first-order chi connectivity index (χ1) is 22.9. The number of fused-ring (bicyclic) bond motifs is 2. The third kappa shape index (κ3) is 4.77. The van der Waals surface area contributed by atoms with Crippen LogP contribution in [-0.4, -0.2) is 11.2 Å². The van der Waals surface area contributed by atoms with E-state index < -0.39 is 35.4 Å². The van der Waals surface area contributed by atoms with E-state index in [-0.39, 0.29) is 5.75 Å². The maximum absolute atomic E-state index is 14.9. The number of hydrogen-bond acceptors (Lipinski definition) is 4. The Morgan fingerprint density at radius 1 is 0.792 bits per heavy atom. The molecule has 5 aromatic carbocycles. The molecule has 48 heavy (non-hydrogen) atoms. The molecule has 1 atom stereocenters. The van der Waals surface area contributed by atoms with Crippen molar-refractivity contribution in [1.29, 1.82) is 0 Å². The van der Waals surface area contributed by atoms with Crippen molar-refractivity contribution >= 4 is 35.0 Å². The van der Waals surface area contributed by atoms with Crippen molar-refractivity contribution < 1.29 is 22.9 Å². The molecular formula is C41H36F2NO3P. The lowest BCUT2D eigenvalue weighted by molar-refractivity contribution is 0.0516. The molecule has 0 aromatic heterocycles. The molecule has 0 saturated carbocycles. The number of benzene rings is 5. The minimum atomic E-state index is -3.70. The number of halogens is 2. The summed E-state index contributed by atoms with van der Waals surface area (Å²) in [6, 6.07) is 30.4. The zero-order valence-electron chi connectivity index (χ0n) is 27.6. The summed E-state index contributed by atoms with van der Waals surface area (Å²) in [5.41, 5.74) is 4.38. The maximum Gasteiger partial charge on any atom is 0.230 e. The molecule has 0 fully saturated rings. The Morgan fingerprint density at radius 2 is 1.38 bits per heavy atom. The van der Waals surface area contributed by atoms with E-state index >= 15 is 0 Å².